The Morgan fingerprint density at radius 1 is 1.30 bits per heavy atom. The van der Waals surface area contributed by atoms with E-state index in [2.05, 4.69) is 5.32 Å². The van der Waals surface area contributed by atoms with Crippen molar-refractivity contribution in [3.63, 3.8) is 0 Å². The molecule has 0 unspecified atom stereocenters. The van der Waals surface area contributed by atoms with Crippen molar-refractivity contribution in [1.82, 2.24) is 5.32 Å². The van der Waals surface area contributed by atoms with E-state index in [0.717, 1.165) is 18.4 Å². The third-order valence-electron chi connectivity index (χ3n) is 4.02. The summed E-state index contributed by atoms with van der Waals surface area (Å²) in [5, 5.41) is 2.99. The molecule has 0 atom stereocenters. The van der Waals surface area contributed by atoms with E-state index in [1.165, 1.54) is 0 Å². The van der Waals surface area contributed by atoms with Crippen molar-refractivity contribution in [2.45, 2.75) is 19.3 Å². The first-order valence-corrected chi connectivity index (χ1v) is 8.48. The minimum atomic E-state index is -0.702. The Balaban J connectivity index is 1.82. The van der Waals surface area contributed by atoms with Crippen molar-refractivity contribution in [3.05, 3.63) is 35.9 Å². The molecule has 0 saturated carbocycles. The maximum Gasteiger partial charge on any atom is 0.224 e. The summed E-state index contributed by atoms with van der Waals surface area (Å²) < 4.78 is 11.4. The summed E-state index contributed by atoms with van der Waals surface area (Å²) in [5.41, 5.74) is 6.81. The monoisotopic (exact) mass is 294 g/mol. The average Bonchev–Trinajstić information content (AvgIpc) is 2.48. The fourth-order valence-electron chi connectivity index (χ4n) is 2.47. The van der Waals surface area contributed by atoms with E-state index in [9.17, 15) is 9.35 Å². The molecule has 1 heterocycles. The molecule has 1 aromatic carbocycles. The van der Waals surface area contributed by atoms with Gasteiger partial charge >= 0.3 is 0 Å². The lowest BCUT2D eigenvalue weighted by Gasteiger charge is -2.36. The van der Waals surface area contributed by atoms with Crippen LogP contribution in [0.1, 0.15) is 18.4 Å². The Morgan fingerprint density at radius 3 is 2.55 bits per heavy atom. The number of rotatable bonds is 5. The van der Waals surface area contributed by atoms with E-state index in [1.807, 2.05) is 30.3 Å². The lowest BCUT2D eigenvalue weighted by atomic mass is 9.82. The molecular weight excluding hydrogens is 272 g/mol. The van der Waals surface area contributed by atoms with Crippen molar-refractivity contribution < 1.29 is 9.35 Å². The molecule has 20 heavy (non-hydrogen) atoms. The fourth-order valence-corrected chi connectivity index (χ4v) is 4.00. The summed E-state index contributed by atoms with van der Waals surface area (Å²) in [7, 11) is 0. The zero-order chi connectivity index (χ0) is 14.4. The summed E-state index contributed by atoms with van der Waals surface area (Å²) in [4.78, 5) is 12.0. The molecule has 1 fully saturated rings. The van der Waals surface area contributed by atoms with Gasteiger partial charge in [0.2, 0.25) is 5.91 Å². The second-order valence-electron chi connectivity index (χ2n) is 5.49. The van der Waals surface area contributed by atoms with E-state index in [-0.39, 0.29) is 11.3 Å². The van der Waals surface area contributed by atoms with E-state index < -0.39 is 11.2 Å². The van der Waals surface area contributed by atoms with E-state index in [4.69, 9.17) is 5.73 Å². The molecule has 1 saturated heterocycles. The van der Waals surface area contributed by atoms with Crippen molar-refractivity contribution in [2.24, 2.45) is 11.1 Å². The predicted molar refractivity (Wildman–Crippen MR) is 81.8 cm³/mol. The molecule has 0 aliphatic carbocycles. The highest BCUT2D eigenvalue weighted by molar-refractivity contribution is 7.91. The fraction of sp³-hybridized carbons (Fsp3) is 0.533. The van der Waals surface area contributed by atoms with Crippen LogP contribution in [0.3, 0.4) is 0 Å². The summed E-state index contributed by atoms with van der Waals surface area (Å²) in [6.07, 6.45) is 2.07. The first kappa shape index (κ1) is 15.4. The standard InChI is InChI=1S/C15H22N2O2S/c16-11-15(6-8-20(19)9-7-15)12-17-14(18)10-13-4-2-1-3-5-13/h1-5H,6-12,16H2,(H,17,18). The second kappa shape index (κ2) is 7.11. The van der Waals surface area contributed by atoms with Gasteiger partial charge in [-0.25, -0.2) is 0 Å². The molecule has 0 aromatic heterocycles. The van der Waals surface area contributed by atoms with Gasteiger partial charge in [0.25, 0.3) is 0 Å². The largest absolute Gasteiger partial charge is 0.616 e. The van der Waals surface area contributed by atoms with Gasteiger partial charge < -0.3 is 15.6 Å². The van der Waals surface area contributed by atoms with Gasteiger partial charge in [0, 0.05) is 24.8 Å². The van der Waals surface area contributed by atoms with Gasteiger partial charge in [0.1, 0.15) is 11.5 Å². The van der Waals surface area contributed by atoms with Crippen LogP contribution in [0, 0.1) is 5.41 Å². The van der Waals surface area contributed by atoms with Crippen molar-refractivity contribution in [2.75, 3.05) is 24.6 Å². The maximum atomic E-state index is 12.0. The van der Waals surface area contributed by atoms with Crippen LogP contribution in [0.15, 0.2) is 30.3 Å². The molecule has 2 rings (SSSR count). The van der Waals surface area contributed by atoms with Gasteiger partial charge in [0.15, 0.2) is 0 Å². The van der Waals surface area contributed by atoms with Crippen LogP contribution >= 0.6 is 0 Å². The molecule has 3 N–H and O–H groups in total. The smallest absolute Gasteiger partial charge is 0.224 e. The number of nitrogens with one attached hydrogen (secondary N) is 1. The SMILES string of the molecule is NCC1(CNC(=O)Cc2ccccc2)CC[S+]([O-])CC1. The van der Waals surface area contributed by atoms with Gasteiger partial charge in [-0.3, -0.25) is 4.79 Å². The van der Waals surface area contributed by atoms with Gasteiger partial charge in [0.05, 0.1) is 6.42 Å². The van der Waals surface area contributed by atoms with Crippen LogP contribution in [0.4, 0.5) is 0 Å². The Morgan fingerprint density at radius 2 is 1.95 bits per heavy atom. The molecule has 1 amide bonds. The Kier molecular flexibility index (Phi) is 5.46. The zero-order valence-corrected chi connectivity index (χ0v) is 12.5. The highest BCUT2D eigenvalue weighted by Crippen LogP contribution is 2.30. The minimum Gasteiger partial charge on any atom is -0.616 e. The van der Waals surface area contributed by atoms with Crippen LogP contribution in [-0.2, 0) is 22.4 Å². The van der Waals surface area contributed by atoms with E-state index >= 15 is 0 Å². The molecule has 1 aromatic rings. The first-order valence-electron chi connectivity index (χ1n) is 6.99. The number of hydrogen-bond acceptors (Lipinski definition) is 3. The van der Waals surface area contributed by atoms with Crippen LogP contribution in [-0.4, -0.2) is 35.1 Å². The second-order valence-corrected chi connectivity index (χ2v) is 7.19. The van der Waals surface area contributed by atoms with Crippen LogP contribution in [0.5, 0.6) is 0 Å². The quantitative estimate of drug-likeness (QED) is 0.790. The summed E-state index contributed by atoms with van der Waals surface area (Å²) in [6, 6.07) is 9.69. The Labute approximate surface area is 123 Å². The lowest BCUT2D eigenvalue weighted by Crippen LogP contribution is -2.47. The molecule has 5 heteroatoms. The van der Waals surface area contributed by atoms with E-state index in [1.54, 1.807) is 0 Å². The third-order valence-corrected chi connectivity index (χ3v) is 5.34. The van der Waals surface area contributed by atoms with Crippen molar-refractivity contribution in [3.8, 4) is 0 Å². The first-order chi connectivity index (χ1) is 9.63. The average molecular weight is 294 g/mol. The number of carbonyl (C=O) groups excluding carboxylic acids is 1. The van der Waals surface area contributed by atoms with Gasteiger partial charge in [-0.15, -0.1) is 0 Å². The number of nitrogens with two attached hydrogens (primary N) is 1. The van der Waals surface area contributed by atoms with Gasteiger partial charge in [-0.1, -0.05) is 41.5 Å². The molecule has 1 aliphatic heterocycles. The van der Waals surface area contributed by atoms with Gasteiger partial charge in [-0.05, 0) is 12.1 Å². The summed E-state index contributed by atoms with van der Waals surface area (Å²) >= 11 is -0.702. The molecule has 0 bridgehead atoms. The molecule has 4 nitrogen and oxygen atoms in total. The molecule has 1 aliphatic rings. The molecule has 0 radical (unpaired) electrons. The van der Waals surface area contributed by atoms with Crippen LogP contribution < -0.4 is 11.1 Å². The molecular formula is C15H22N2O2S. The lowest BCUT2D eigenvalue weighted by molar-refractivity contribution is -0.121. The third kappa shape index (κ3) is 4.23. The molecule has 0 spiro atoms. The summed E-state index contributed by atoms with van der Waals surface area (Å²) in [5.74, 6) is 1.42. The Hall–Kier alpha value is -1.04. The van der Waals surface area contributed by atoms with E-state index in [0.29, 0.717) is 31.0 Å². The number of hydrogen-bond donors (Lipinski definition) is 2. The van der Waals surface area contributed by atoms with Crippen molar-refractivity contribution >= 4 is 17.1 Å². The van der Waals surface area contributed by atoms with Crippen LogP contribution in [0.2, 0.25) is 0 Å². The summed E-state index contributed by atoms with van der Waals surface area (Å²) in [6.45, 7) is 1.13. The number of amides is 1. The zero-order valence-electron chi connectivity index (χ0n) is 11.6. The van der Waals surface area contributed by atoms with Crippen molar-refractivity contribution in [1.29, 1.82) is 0 Å². The number of benzene rings is 1. The molecule has 110 valence electrons. The highest BCUT2D eigenvalue weighted by Gasteiger charge is 2.36. The maximum absolute atomic E-state index is 12.0. The topological polar surface area (TPSA) is 78.2 Å². The normalized spacial score (nSPS) is 26.2. The van der Waals surface area contributed by atoms with Gasteiger partial charge in [-0.2, -0.15) is 0 Å². The number of carbonyl (C=O) groups is 1. The minimum absolute atomic E-state index is 0.0238. The predicted octanol–water partition coefficient (Wildman–Crippen LogP) is 0.833. The van der Waals surface area contributed by atoms with Crippen LogP contribution in [0.25, 0.3) is 0 Å². The highest BCUT2D eigenvalue weighted by atomic mass is 32.2. The Bertz CT molecular complexity index is 431.